The van der Waals surface area contributed by atoms with Crippen molar-refractivity contribution in [1.82, 2.24) is 0 Å². The molecule has 3 nitrogen and oxygen atoms in total. The fraction of sp³-hybridized carbons (Fsp3) is 0. The second kappa shape index (κ2) is 4.51. The summed E-state index contributed by atoms with van der Waals surface area (Å²) in [6.45, 7) is 0. The quantitative estimate of drug-likeness (QED) is 0.360. The summed E-state index contributed by atoms with van der Waals surface area (Å²) in [5.74, 6) is 0. The number of non-ortho nitro benzene ring substituents is 1. The zero-order valence-electron chi connectivity index (χ0n) is 7.42. The van der Waals surface area contributed by atoms with E-state index in [4.69, 9.17) is 0 Å². The molecule has 2 rings (SSSR count). The molecular formula is C9H6BrNO2S2. The van der Waals surface area contributed by atoms with Gasteiger partial charge in [-0.1, -0.05) is 10.8 Å². The summed E-state index contributed by atoms with van der Waals surface area (Å²) in [5.41, 5.74) is 1.16. The molecule has 1 heterocycles. The van der Waals surface area contributed by atoms with Gasteiger partial charge in [-0.15, -0.1) is 0 Å². The van der Waals surface area contributed by atoms with E-state index in [-0.39, 0.29) is 18.6 Å². The summed E-state index contributed by atoms with van der Waals surface area (Å²) in [5, 5.41) is 12.5. The molecule has 1 atom stereocenters. The average molecular weight is 304 g/mol. The van der Waals surface area contributed by atoms with Crippen molar-refractivity contribution in [3.05, 3.63) is 51.4 Å². The van der Waals surface area contributed by atoms with Crippen molar-refractivity contribution in [2.24, 2.45) is 0 Å². The van der Waals surface area contributed by atoms with E-state index in [1.54, 1.807) is 22.9 Å². The van der Waals surface area contributed by atoms with Gasteiger partial charge in [0, 0.05) is 17.0 Å². The first-order valence-corrected chi connectivity index (χ1v) is 8.51. The van der Waals surface area contributed by atoms with Crippen LogP contribution in [0.3, 0.4) is 0 Å². The van der Waals surface area contributed by atoms with E-state index < -0.39 is 0 Å². The van der Waals surface area contributed by atoms with Gasteiger partial charge in [0.25, 0.3) is 5.69 Å². The Balaban J connectivity index is 2.36. The minimum atomic E-state index is -0.387. The van der Waals surface area contributed by atoms with E-state index in [0.717, 1.165) is 5.56 Å². The fourth-order valence-electron chi connectivity index (χ4n) is 1.18. The largest absolute Gasteiger partial charge is 0.269 e. The Morgan fingerprint density at radius 1 is 1.33 bits per heavy atom. The Morgan fingerprint density at radius 3 is 2.47 bits per heavy atom. The van der Waals surface area contributed by atoms with Crippen molar-refractivity contribution in [1.29, 1.82) is 0 Å². The molecule has 0 aliphatic carbocycles. The van der Waals surface area contributed by atoms with E-state index in [1.165, 1.54) is 17.0 Å². The Kier molecular flexibility index (Phi) is 3.28. The van der Waals surface area contributed by atoms with Crippen LogP contribution in [-0.4, -0.2) is 9.79 Å². The molecule has 1 aromatic rings. The highest BCUT2D eigenvalue weighted by Crippen LogP contribution is 2.45. The maximum Gasteiger partial charge on any atom is 0.269 e. The van der Waals surface area contributed by atoms with E-state index in [9.17, 15) is 10.1 Å². The molecule has 0 aromatic heterocycles. The SMILES string of the molecule is O=[N+]([O-])c1ccc(C2=S(Br)SC=C2)cc1. The monoisotopic (exact) mass is 303 g/mol. The third kappa shape index (κ3) is 2.32. The van der Waals surface area contributed by atoms with Crippen LogP contribution in [0.25, 0.3) is 0 Å². The van der Waals surface area contributed by atoms with Gasteiger partial charge >= 0.3 is 0 Å². The lowest BCUT2D eigenvalue weighted by Gasteiger charge is -2.00. The van der Waals surface area contributed by atoms with Gasteiger partial charge in [0.1, 0.15) is 0 Å². The summed E-state index contributed by atoms with van der Waals surface area (Å²) in [4.78, 5) is 11.3. The van der Waals surface area contributed by atoms with E-state index >= 15 is 0 Å². The lowest BCUT2D eigenvalue weighted by molar-refractivity contribution is -0.384. The molecule has 0 spiro atoms. The molecule has 6 heteroatoms. The number of hydrogen-bond donors (Lipinski definition) is 0. The number of allylic oxidation sites excluding steroid dienone is 1. The van der Waals surface area contributed by atoms with Gasteiger partial charge in [-0.2, -0.15) is 0 Å². The van der Waals surface area contributed by atoms with Crippen LogP contribution in [0.5, 0.6) is 0 Å². The van der Waals surface area contributed by atoms with Crippen molar-refractivity contribution < 1.29 is 4.92 Å². The number of hydrogen-bond acceptors (Lipinski definition) is 3. The lowest BCUT2D eigenvalue weighted by Crippen LogP contribution is -1.94. The summed E-state index contributed by atoms with van der Waals surface area (Å²) in [7, 11) is 1.69. The van der Waals surface area contributed by atoms with Crippen molar-refractivity contribution in [2.45, 2.75) is 0 Å². The highest BCUT2D eigenvalue weighted by Gasteiger charge is 2.10. The first kappa shape index (κ1) is 10.9. The van der Waals surface area contributed by atoms with Gasteiger partial charge in [0.05, 0.1) is 4.92 Å². The third-order valence-corrected chi connectivity index (χ3v) is 6.83. The maximum absolute atomic E-state index is 10.5. The van der Waals surface area contributed by atoms with Crippen molar-refractivity contribution >= 4 is 44.1 Å². The van der Waals surface area contributed by atoms with Gasteiger partial charge in [0.2, 0.25) is 0 Å². The highest BCUT2D eigenvalue weighted by atomic mass is 79.9. The molecule has 1 aromatic carbocycles. The number of nitro benzene ring substituents is 1. The minimum absolute atomic E-state index is 0.0141. The second-order valence-corrected chi connectivity index (χ2v) is 8.95. The van der Waals surface area contributed by atoms with E-state index in [0.29, 0.717) is 0 Å². The van der Waals surface area contributed by atoms with Gasteiger partial charge < -0.3 is 0 Å². The van der Waals surface area contributed by atoms with E-state index in [2.05, 4.69) is 14.8 Å². The Bertz CT molecular complexity index is 468. The summed E-state index contributed by atoms with van der Waals surface area (Å²) in [6, 6.07) is 6.63. The molecule has 1 aliphatic heterocycles. The zero-order chi connectivity index (χ0) is 10.8. The van der Waals surface area contributed by atoms with Crippen molar-refractivity contribution in [3.63, 3.8) is 0 Å². The molecule has 1 unspecified atom stereocenters. The molecule has 78 valence electrons. The Labute approximate surface area is 100 Å². The minimum Gasteiger partial charge on any atom is -0.258 e. The van der Waals surface area contributed by atoms with Crippen LogP contribution < -0.4 is 0 Å². The van der Waals surface area contributed by atoms with Crippen LogP contribution in [0.2, 0.25) is 0 Å². The van der Waals surface area contributed by atoms with Crippen molar-refractivity contribution in [2.75, 3.05) is 0 Å². The summed E-state index contributed by atoms with van der Waals surface area (Å²) < 4.78 is 0. The number of nitro groups is 1. The molecular weight excluding hydrogens is 298 g/mol. The number of halogens is 1. The normalized spacial score (nSPS) is 19.5. The van der Waals surface area contributed by atoms with Crippen LogP contribution in [0.1, 0.15) is 5.56 Å². The topological polar surface area (TPSA) is 43.1 Å². The molecule has 0 amide bonds. The standard InChI is InChI=1S/C9H6BrNO2S2/c10-15-9(5-6-14-15)7-1-3-8(4-2-7)11(12)13/h1-6H. The molecule has 0 saturated carbocycles. The van der Waals surface area contributed by atoms with Crippen LogP contribution in [0.15, 0.2) is 35.7 Å². The van der Waals surface area contributed by atoms with Gasteiger partial charge in [-0.25, -0.2) is 0 Å². The van der Waals surface area contributed by atoms with Crippen LogP contribution in [-0.2, 0) is 0 Å². The average Bonchev–Trinajstić information content (AvgIpc) is 2.65. The third-order valence-electron chi connectivity index (χ3n) is 1.89. The Morgan fingerprint density at radius 2 is 2.00 bits per heavy atom. The van der Waals surface area contributed by atoms with Crippen LogP contribution in [0.4, 0.5) is 5.69 Å². The van der Waals surface area contributed by atoms with Gasteiger partial charge in [-0.05, 0) is 51.9 Å². The van der Waals surface area contributed by atoms with Crippen LogP contribution >= 0.6 is 33.6 Å². The first-order valence-electron chi connectivity index (χ1n) is 4.04. The summed E-state index contributed by atoms with van der Waals surface area (Å²) >= 11 is 3.55. The second-order valence-electron chi connectivity index (χ2n) is 2.79. The molecule has 0 saturated heterocycles. The number of benzene rings is 1. The predicted octanol–water partition coefficient (Wildman–Crippen LogP) is 3.87. The molecule has 15 heavy (non-hydrogen) atoms. The van der Waals surface area contributed by atoms with Crippen LogP contribution in [0, 0.1) is 10.1 Å². The highest BCUT2D eigenvalue weighted by molar-refractivity contribution is 9.64. The number of rotatable bonds is 2. The number of nitrogens with zero attached hydrogens (tertiary/aromatic N) is 1. The zero-order valence-corrected chi connectivity index (χ0v) is 10.6. The van der Waals surface area contributed by atoms with E-state index in [1.807, 2.05) is 11.5 Å². The molecule has 1 aliphatic rings. The summed E-state index contributed by atoms with van der Waals surface area (Å²) in [6.07, 6.45) is 2.03. The maximum atomic E-state index is 10.5. The van der Waals surface area contributed by atoms with Gasteiger partial charge in [0.15, 0.2) is 0 Å². The first-order chi connectivity index (χ1) is 7.18. The predicted molar refractivity (Wildman–Crippen MR) is 70.5 cm³/mol. The lowest BCUT2D eigenvalue weighted by atomic mass is 10.1. The molecule has 0 radical (unpaired) electrons. The Hall–Kier alpha value is -0.590. The molecule has 0 N–H and O–H groups in total. The molecule has 0 fully saturated rings. The molecule has 0 bridgehead atoms. The van der Waals surface area contributed by atoms with Gasteiger partial charge in [-0.3, -0.25) is 10.1 Å². The smallest absolute Gasteiger partial charge is 0.258 e. The van der Waals surface area contributed by atoms with Crippen molar-refractivity contribution in [3.8, 4) is 0 Å². The fourth-order valence-corrected chi connectivity index (χ4v) is 5.06.